The molecule has 6 nitrogen and oxygen atoms in total. The number of likely N-dealkylation sites (tertiary alicyclic amines) is 1. The first-order chi connectivity index (χ1) is 11.3. The lowest BCUT2D eigenvalue weighted by Gasteiger charge is -2.43. The van der Waals surface area contributed by atoms with E-state index in [9.17, 15) is 14.1 Å². The highest BCUT2D eigenvalue weighted by Gasteiger charge is 2.50. The molecule has 0 unspecified atom stereocenters. The largest absolute Gasteiger partial charge is 0.444 e. The molecule has 7 heteroatoms. The second kappa shape index (κ2) is 7.16. The first-order valence-electron chi connectivity index (χ1n) is 9.16. The van der Waals surface area contributed by atoms with Crippen molar-refractivity contribution in [2.75, 3.05) is 13.1 Å². The topological polar surface area (TPSA) is 78.9 Å². The van der Waals surface area contributed by atoms with Crippen molar-refractivity contribution in [2.24, 2.45) is 5.41 Å². The maximum atomic E-state index is 12.5. The van der Waals surface area contributed by atoms with E-state index in [4.69, 9.17) is 4.74 Å². The van der Waals surface area contributed by atoms with Crippen molar-refractivity contribution in [3.63, 3.8) is 0 Å². The lowest BCUT2D eigenvalue weighted by Crippen LogP contribution is -2.52. The number of nitrogens with one attached hydrogen (secondary N) is 1. The molecule has 2 aliphatic rings. The number of rotatable bonds is 2. The second-order valence-corrected chi connectivity index (χ2v) is 11.5. The van der Waals surface area contributed by atoms with Gasteiger partial charge in [0.25, 0.3) is 0 Å². The first-order valence-corrected chi connectivity index (χ1v) is 10.3. The van der Waals surface area contributed by atoms with E-state index < -0.39 is 16.6 Å². The van der Waals surface area contributed by atoms with Crippen LogP contribution in [-0.2, 0) is 15.7 Å². The van der Waals surface area contributed by atoms with Crippen LogP contribution in [0.15, 0.2) is 0 Å². The van der Waals surface area contributed by atoms with E-state index in [0.29, 0.717) is 25.9 Å². The van der Waals surface area contributed by atoms with E-state index in [-0.39, 0.29) is 28.4 Å². The van der Waals surface area contributed by atoms with Gasteiger partial charge in [-0.3, -0.25) is 0 Å². The highest BCUT2D eigenvalue weighted by Crippen LogP contribution is 2.47. The van der Waals surface area contributed by atoms with Gasteiger partial charge in [-0.25, -0.2) is 13.7 Å². The molecule has 0 aromatic heterocycles. The molecule has 2 fully saturated rings. The molecule has 1 saturated carbocycles. The van der Waals surface area contributed by atoms with Crippen LogP contribution in [-0.4, -0.2) is 55.9 Å². The number of hydrogen-bond acceptors (Lipinski definition) is 4. The van der Waals surface area contributed by atoms with E-state index in [2.05, 4.69) is 4.72 Å². The molecule has 146 valence electrons. The van der Waals surface area contributed by atoms with Gasteiger partial charge < -0.3 is 14.7 Å². The zero-order valence-corrected chi connectivity index (χ0v) is 17.2. The Kier molecular flexibility index (Phi) is 5.91. The number of ether oxygens (including phenoxy) is 1. The Labute approximate surface area is 154 Å². The number of carbonyl (C=O) groups excluding carboxylic acids is 1. The highest BCUT2D eigenvalue weighted by atomic mass is 32.2. The predicted octanol–water partition coefficient (Wildman–Crippen LogP) is 2.58. The van der Waals surface area contributed by atoms with Crippen molar-refractivity contribution in [1.29, 1.82) is 0 Å². The smallest absolute Gasteiger partial charge is 0.410 e. The lowest BCUT2D eigenvalue weighted by molar-refractivity contribution is 0.00692. The summed E-state index contributed by atoms with van der Waals surface area (Å²) in [5, 5.41) is 10.2. The van der Waals surface area contributed by atoms with Crippen LogP contribution in [0, 0.1) is 5.41 Å². The maximum absolute atomic E-state index is 12.5. The molecular formula is C18H34N2O4S. The predicted molar refractivity (Wildman–Crippen MR) is 99.5 cm³/mol. The second-order valence-electron chi connectivity index (χ2n) is 9.47. The van der Waals surface area contributed by atoms with E-state index in [1.54, 1.807) is 4.90 Å². The van der Waals surface area contributed by atoms with E-state index >= 15 is 0 Å². The van der Waals surface area contributed by atoms with Gasteiger partial charge in [-0.05, 0) is 72.6 Å². The molecule has 0 radical (unpaired) electrons. The molecular weight excluding hydrogens is 340 g/mol. The van der Waals surface area contributed by atoms with Gasteiger partial charge in [-0.2, -0.15) is 0 Å². The molecule has 1 aliphatic carbocycles. The average molecular weight is 375 g/mol. The third kappa shape index (κ3) is 5.17. The summed E-state index contributed by atoms with van der Waals surface area (Å²) in [6.07, 6.45) is 2.26. The minimum atomic E-state index is -1.17. The van der Waals surface area contributed by atoms with E-state index in [0.717, 1.165) is 12.8 Å². The van der Waals surface area contributed by atoms with Crippen LogP contribution in [0.5, 0.6) is 0 Å². The molecule has 1 amide bonds. The molecule has 3 atom stereocenters. The van der Waals surface area contributed by atoms with Crippen LogP contribution < -0.4 is 4.72 Å². The summed E-state index contributed by atoms with van der Waals surface area (Å²) in [6, 6.07) is 0.0170. The van der Waals surface area contributed by atoms with Gasteiger partial charge in [0.05, 0.1) is 21.8 Å². The monoisotopic (exact) mass is 374 g/mol. The van der Waals surface area contributed by atoms with Crippen LogP contribution in [0.3, 0.4) is 0 Å². The number of carbonyl (C=O) groups is 1. The third-order valence-corrected chi connectivity index (χ3v) is 6.72. The average Bonchev–Trinajstić information content (AvgIpc) is 2.72. The SMILES string of the molecule is CC(C)(C)OC(=O)N1CCC2(CC1)C[C@@H](O)C[C@H]2N[S@@](=O)C(C)(C)C. The Morgan fingerprint density at radius 1 is 1.20 bits per heavy atom. The maximum Gasteiger partial charge on any atom is 0.410 e. The van der Waals surface area contributed by atoms with Crippen molar-refractivity contribution in [3.8, 4) is 0 Å². The van der Waals surface area contributed by atoms with Crippen LogP contribution in [0.2, 0.25) is 0 Å². The molecule has 0 aromatic carbocycles. The van der Waals surface area contributed by atoms with Gasteiger partial charge in [-0.15, -0.1) is 0 Å². The Balaban J connectivity index is 2.01. The number of aliphatic hydroxyl groups excluding tert-OH is 1. The first kappa shape index (κ1) is 20.6. The fourth-order valence-corrected chi connectivity index (χ4v) is 4.67. The molecule has 1 heterocycles. The summed E-state index contributed by atoms with van der Waals surface area (Å²) < 4.78 is 20.9. The standard InChI is InChI=1S/C18H34N2O4S/c1-16(2,3)24-15(22)20-9-7-18(8-10-20)12-13(21)11-14(18)19-25(23)17(4,5)6/h13-14,19,21H,7-12H2,1-6H3/t13-,14+,25-/m0/s1. The summed E-state index contributed by atoms with van der Waals surface area (Å²) in [4.78, 5) is 14.0. The Hall–Kier alpha value is -0.660. The van der Waals surface area contributed by atoms with Crippen LogP contribution in [0.25, 0.3) is 0 Å². The summed E-state index contributed by atoms with van der Waals surface area (Å²) in [5.74, 6) is 0. The number of amides is 1. The molecule has 2 rings (SSSR count). The number of aliphatic hydroxyl groups is 1. The zero-order valence-electron chi connectivity index (χ0n) is 16.4. The molecule has 1 saturated heterocycles. The Morgan fingerprint density at radius 3 is 2.24 bits per heavy atom. The summed E-state index contributed by atoms with van der Waals surface area (Å²) in [6.45, 7) is 12.7. The lowest BCUT2D eigenvalue weighted by atomic mass is 9.74. The number of piperidine rings is 1. The van der Waals surface area contributed by atoms with Gasteiger partial charge in [0.15, 0.2) is 0 Å². The van der Waals surface area contributed by atoms with Crippen molar-refractivity contribution in [3.05, 3.63) is 0 Å². The molecule has 1 spiro atoms. The van der Waals surface area contributed by atoms with Crippen LogP contribution in [0.4, 0.5) is 4.79 Å². The van der Waals surface area contributed by atoms with Gasteiger partial charge in [-0.1, -0.05) is 0 Å². The minimum Gasteiger partial charge on any atom is -0.444 e. The number of nitrogens with zero attached hydrogens (tertiary/aromatic N) is 1. The highest BCUT2D eigenvalue weighted by molar-refractivity contribution is 7.84. The fraction of sp³-hybridized carbons (Fsp3) is 0.944. The van der Waals surface area contributed by atoms with Gasteiger partial charge >= 0.3 is 6.09 Å². The summed E-state index contributed by atoms with van der Waals surface area (Å²) in [5.41, 5.74) is -0.595. The fourth-order valence-electron chi connectivity index (χ4n) is 3.71. The number of hydrogen-bond donors (Lipinski definition) is 2. The van der Waals surface area contributed by atoms with Crippen LogP contribution in [0.1, 0.15) is 67.2 Å². The Bertz CT molecular complexity index is 516. The van der Waals surface area contributed by atoms with Gasteiger partial charge in [0.2, 0.25) is 0 Å². The van der Waals surface area contributed by atoms with E-state index in [1.165, 1.54) is 0 Å². The van der Waals surface area contributed by atoms with Gasteiger partial charge in [0.1, 0.15) is 5.60 Å². The minimum absolute atomic E-state index is 0.0170. The quantitative estimate of drug-likeness (QED) is 0.779. The van der Waals surface area contributed by atoms with Crippen molar-refractivity contribution in [1.82, 2.24) is 9.62 Å². The summed E-state index contributed by atoms with van der Waals surface area (Å²) in [7, 11) is -1.17. The van der Waals surface area contributed by atoms with E-state index in [1.807, 2.05) is 41.5 Å². The van der Waals surface area contributed by atoms with Crippen molar-refractivity contribution >= 4 is 17.1 Å². The van der Waals surface area contributed by atoms with Crippen molar-refractivity contribution in [2.45, 2.75) is 89.7 Å². The summed E-state index contributed by atoms with van der Waals surface area (Å²) >= 11 is 0. The molecule has 0 aromatic rings. The Morgan fingerprint density at radius 2 is 1.76 bits per heavy atom. The van der Waals surface area contributed by atoms with Crippen molar-refractivity contribution < 1.29 is 18.8 Å². The van der Waals surface area contributed by atoms with Crippen LogP contribution >= 0.6 is 0 Å². The molecule has 0 bridgehead atoms. The molecule has 1 aliphatic heterocycles. The van der Waals surface area contributed by atoms with Gasteiger partial charge in [0, 0.05) is 19.1 Å². The molecule has 25 heavy (non-hydrogen) atoms. The normalized spacial score (nSPS) is 28.2. The molecule has 2 N–H and O–H groups in total. The zero-order chi connectivity index (χ0) is 19.0. The third-order valence-electron chi connectivity index (χ3n) is 5.11.